The maximum atomic E-state index is 12.3. The molecule has 0 spiro atoms. The second-order valence-electron chi connectivity index (χ2n) is 7.42. The number of hydrogen-bond donors (Lipinski definition) is 3. The van der Waals surface area contributed by atoms with E-state index in [1.54, 1.807) is 18.3 Å². The van der Waals surface area contributed by atoms with E-state index in [0.29, 0.717) is 35.6 Å². The molecule has 1 atom stereocenters. The van der Waals surface area contributed by atoms with Crippen molar-refractivity contribution in [3.63, 3.8) is 0 Å². The van der Waals surface area contributed by atoms with Gasteiger partial charge in [-0.2, -0.15) is 0 Å². The average molecular weight is 428 g/mol. The molecule has 8 heteroatoms. The number of pyridine rings is 1. The van der Waals surface area contributed by atoms with Crippen molar-refractivity contribution >= 4 is 34.6 Å². The van der Waals surface area contributed by atoms with Gasteiger partial charge in [-0.15, -0.1) is 0 Å². The predicted molar refractivity (Wildman–Crippen MR) is 125 cm³/mol. The molecule has 0 bridgehead atoms. The molecular weight excluding hydrogens is 404 g/mol. The van der Waals surface area contributed by atoms with E-state index in [9.17, 15) is 9.59 Å². The summed E-state index contributed by atoms with van der Waals surface area (Å²) in [6, 6.07) is 10.6. The first-order valence-electron chi connectivity index (χ1n) is 10.5. The third kappa shape index (κ3) is 5.34. The number of fused-ring (bicyclic) bond motifs is 1. The lowest BCUT2D eigenvalue weighted by molar-refractivity contribution is -0.116. The summed E-state index contributed by atoms with van der Waals surface area (Å²) in [6.07, 6.45) is 11.1. The molecule has 4 rings (SSSR count). The molecule has 3 aromatic rings. The highest BCUT2D eigenvalue weighted by Crippen LogP contribution is 2.22. The van der Waals surface area contributed by atoms with Crippen LogP contribution in [0.5, 0.6) is 0 Å². The van der Waals surface area contributed by atoms with Crippen molar-refractivity contribution in [2.24, 2.45) is 5.92 Å². The molecule has 162 valence electrons. The molecule has 3 amide bonds. The van der Waals surface area contributed by atoms with Gasteiger partial charge in [-0.1, -0.05) is 36.4 Å². The van der Waals surface area contributed by atoms with E-state index in [0.717, 1.165) is 17.7 Å². The Labute approximate surface area is 185 Å². The second-order valence-corrected chi connectivity index (χ2v) is 7.42. The Balaban J connectivity index is 1.45. The first kappa shape index (κ1) is 21.2. The Morgan fingerprint density at radius 2 is 1.88 bits per heavy atom. The zero-order chi connectivity index (χ0) is 22.3. The van der Waals surface area contributed by atoms with Crippen LogP contribution in [0.25, 0.3) is 22.4 Å². The number of hydrogen-bond acceptors (Lipinski definition) is 5. The van der Waals surface area contributed by atoms with Crippen molar-refractivity contribution in [1.82, 2.24) is 20.3 Å². The second kappa shape index (κ2) is 9.82. The van der Waals surface area contributed by atoms with Crippen LogP contribution < -0.4 is 16.0 Å². The van der Waals surface area contributed by atoms with Gasteiger partial charge in [-0.05, 0) is 43.5 Å². The van der Waals surface area contributed by atoms with E-state index in [1.165, 1.54) is 0 Å². The first-order valence-corrected chi connectivity index (χ1v) is 10.5. The van der Waals surface area contributed by atoms with E-state index in [4.69, 9.17) is 0 Å². The summed E-state index contributed by atoms with van der Waals surface area (Å²) in [5, 5.41) is 8.27. The first-order chi connectivity index (χ1) is 15.6. The topological polar surface area (TPSA) is 109 Å². The fourth-order valence-corrected chi connectivity index (χ4v) is 3.39. The summed E-state index contributed by atoms with van der Waals surface area (Å²) in [5.74, 6) is 0.632. The molecule has 8 nitrogen and oxygen atoms in total. The fourth-order valence-electron chi connectivity index (χ4n) is 3.39. The smallest absolute Gasteiger partial charge is 0.320 e. The molecule has 0 radical (unpaired) electrons. The molecule has 2 heterocycles. The number of aromatic nitrogens is 3. The third-order valence-corrected chi connectivity index (χ3v) is 4.97. The summed E-state index contributed by atoms with van der Waals surface area (Å²) in [7, 11) is 0. The van der Waals surface area contributed by atoms with Crippen LogP contribution >= 0.6 is 0 Å². The van der Waals surface area contributed by atoms with Crippen molar-refractivity contribution in [1.29, 1.82) is 0 Å². The summed E-state index contributed by atoms with van der Waals surface area (Å²) in [4.78, 5) is 37.4. The third-order valence-electron chi connectivity index (χ3n) is 4.97. The van der Waals surface area contributed by atoms with E-state index >= 15 is 0 Å². The van der Waals surface area contributed by atoms with Crippen LogP contribution in [-0.4, -0.2) is 33.4 Å². The molecule has 0 fully saturated rings. The number of urea groups is 1. The lowest BCUT2D eigenvalue weighted by Gasteiger charge is -2.13. The van der Waals surface area contributed by atoms with Crippen LogP contribution in [0.2, 0.25) is 0 Å². The zero-order valence-electron chi connectivity index (χ0n) is 17.7. The standard InChI is InChI=1S/C24H24N6O2/c1-2-25-24(32)30-21-13-12-19-23(29-21)28-20(15-26-19)17-8-10-18(11-9-17)27-22(31)14-16-6-4-3-5-7-16/h3-6,8-13,15-16H,2,7,14H2,1H3,(H,27,31)(H2,25,28,29,30,32). The number of allylic oxidation sites excluding steroid dienone is 4. The van der Waals surface area contributed by atoms with Gasteiger partial charge in [0.1, 0.15) is 11.3 Å². The van der Waals surface area contributed by atoms with E-state index in [-0.39, 0.29) is 17.9 Å². The number of nitrogens with zero attached hydrogens (tertiary/aromatic N) is 3. The van der Waals surface area contributed by atoms with Gasteiger partial charge in [0.2, 0.25) is 5.91 Å². The molecule has 32 heavy (non-hydrogen) atoms. The molecule has 2 aromatic heterocycles. The number of nitrogens with one attached hydrogen (secondary N) is 3. The van der Waals surface area contributed by atoms with Crippen LogP contribution in [0.3, 0.4) is 0 Å². The van der Waals surface area contributed by atoms with Gasteiger partial charge >= 0.3 is 6.03 Å². The van der Waals surface area contributed by atoms with Crippen molar-refractivity contribution in [3.05, 3.63) is 66.9 Å². The number of benzene rings is 1. The van der Waals surface area contributed by atoms with Gasteiger partial charge in [0.05, 0.1) is 11.9 Å². The molecule has 1 aromatic carbocycles. The van der Waals surface area contributed by atoms with Crippen LogP contribution in [-0.2, 0) is 4.79 Å². The van der Waals surface area contributed by atoms with Crippen LogP contribution in [0, 0.1) is 5.92 Å². The van der Waals surface area contributed by atoms with Crippen molar-refractivity contribution in [2.75, 3.05) is 17.2 Å². The quantitative estimate of drug-likeness (QED) is 0.543. The monoisotopic (exact) mass is 428 g/mol. The van der Waals surface area contributed by atoms with E-state index in [1.807, 2.05) is 43.3 Å². The molecule has 0 saturated carbocycles. The van der Waals surface area contributed by atoms with Gasteiger partial charge in [0.25, 0.3) is 0 Å². The Morgan fingerprint density at radius 3 is 2.62 bits per heavy atom. The SMILES string of the molecule is CCNC(=O)Nc1ccc2ncc(-c3ccc(NC(=O)CC4C=CC=CC4)cc3)nc2n1. The summed E-state index contributed by atoms with van der Waals surface area (Å²) in [5.41, 5.74) is 3.29. The Bertz CT molecular complexity index is 1190. The largest absolute Gasteiger partial charge is 0.338 e. The zero-order valence-corrected chi connectivity index (χ0v) is 17.7. The minimum Gasteiger partial charge on any atom is -0.338 e. The van der Waals surface area contributed by atoms with Crippen LogP contribution in [0.1, 0.15) is 19.8 Å². The van der Waals surface area contributed by atoms with E-state index in [2.05, 4.69) is 43.1 Å². The molecular formula is C24H24N6O2. The van der Waals surface area contributed by atoms with Gasteiger partial charge in [-0.3, -0.25) is 15.1 Å². The summed E-state index contributed by atoms with van der Waals surface area (Å²) < 4.78 is 0. The number of rotatable bonds is 6. The van der Waals surface area contributed by atoms with Crippen LogP contribution in [0.4, 0.5) is 16.3 Å². The number of carbonyl (C=O) groups excluding carboxylic acids is 2. The molecule has 1 unspecified atom stereocenters. The van der Waals surface area contributed by atoms with Crippen molar-refractivity contribution in [2.45, 2.75) is 19.8 Å². The molecule has 3 N–H and O–H groups in total. The van der Waals surface area contributed by atoms with Gasteiger partial charge < -0.3 is 10.6 Å². The van der Waals surface area contributed by atoms with Crippen molar-refractivity contribution in [3.8, 4) is 11.3 Å². The minimum atomic E-state index is -0.322. The molecule has 0 aliphatic heterocycles. The van der Waals surface area contributed by atoms with Crippen LogP contribution in [0.15, 0.2) is 66.9 Å². The number of amides is 3. The predicted octanol–water partition coefficient (Wildman–Crippen LogP) is 4.29. The molecule has 1 aliphatic rings. The maximum absolute atomic E-state index is 12.3. The Hall–Kier alpha value is -4.07. The summed E-state index contributed by atoms with van der Waals surface area (Å²) >= 11 is 0. The number of carbonyl (C=O) groups is 2. The summed E-state index contributed by atoms with van der Waals surface area (Å²) in [6.45, 7) is 2.36. The molecule has 0 saturated heterocycles. The highest BCUT2D eigenvalue weighted by Gasteiger charge is 2.12. The lowest BCUT2D eigenvalue weighted by atomic mass is 9.97. The fraction of sp³-hybridized carbons (Fsp3) is 0.208. The lowest BCUT2D eigenvalue weighted by Crippen LogP contribution is -2.28. The van der Waals surface area contributed by atoms with Gasteiger partial charge in [0.15, 0.2) is 5.65 Å². The maximum Gasteiger partial charge on any atom is 0.320 e. The number of anilines is 2. The minimum absolute atomic E-state index is 0.00969. The Morgan fingerprint density at radius 1 is 1.03 bits per heavy atom. The van der Waals surface area contributed by atoms with Crippen molar-refractivity contribution < 1.29 is 9.59 Å². The Kier molecular flexibility index (Phi) is 6.50. The average Bonchev–Trinajstić information content (AvgIpc) is 2.80. The normalized spacial score (nSPS) is 14.8. The molecule has 1 aliphatic carbocycles. The van der Waals surface area contributed by atoms with Gasteiger partial charge in [-0.25, -0.2) is 14.8 Å². The van der Waals surface area contributed by atoms with E-state index < -0.39 is 0 Å². The highest BCUT2D eigenvalue weighted by atomic mass is 16.2. The van der Waals surface area contributed by atoms with Gasteiger partial charge in [0, 0.05) is 24.2 Å². The highest BCUT2D eigenvalue weighted by molar-refractivity contribution is 5.91.